The van der Waals surface area contributed by atoms with Crippen LogP contribution in [0.3, 0.4) is 0 Å². The van der Waals surface area contributed by atoms with Crippen molar-refractivity contribution in [3.05, 3.63) is 48.4 Å². The van der Waals surface area contributed by atoms with Gasteiger partial charge in [0.15, 0.2) is 11.6 Å². The number of benzene rings is 1. The summed E-state index contributed by atoms with van der Waals surface area (Å²) >= 11 is 0. The van der Waals surface area contributed by atoms with E-state index in [0.717, 1.165) is 37.6 Å². The number of carbonyl (C=O) groups is 1. The smallest absolute Gasteiger partial charge is 0.244 e. The van der Waals surface area contributed by atoms with Crippen molar-refractivity contribution in [2.24, 2.45) is 0 Å². The maximum Gasteiger partial charge on any atom is 0.244 e. The van der Waals surface area contributed by atoms with Crippen LogP contribution in [0.4, 0.5) is 15.9 Å². The van der Waals surface area contributed by atoms with Crippen LogP contribution in [0.25, 0.3) is 0 Å². The van der Waals surface area contributed by atoms with E-state index in [4.69, 9.17) is 4.74 Å². The molecule has 0 spiro atoms. The number of halogens is 1. The predicted molar refractivity (Wildman–Crippen MR) is 113 cm³/mol. The summed E-state index contributed by atoms with van der Waals surface area (Å²) in [4.78, 5) is 23.6. The molecule has 3 fully saturated rings. The van der Waals surface area contributed by atoms with Gasteiger partial charge in [0.05, 0.1) is 11.7 Å². The van der Waals surface area contributed by atoms with Crippen LogP contribution in [-0.4, -0.2) is 60.7 Å². The number of para-hydroxylation sites is 1. The molecule has 7 heteroatoms. The molecule has 0 N–H and O–H groups in total. The van der Waals surface area contributed by atoms with Gasteiger partial charge in [-0.15, -0.1) is 0 Å². The topological polar surface area (TPSA) is 48.9 Å². The fourth-order valence-electron chi connectivity index (χ4n) is 4.87. The zero-order chi connectivity index (χ0) is 20.5. The number of ether oxygens (including phenoxy) is 1. The lowest BCUT2D eigenvalue weighted by Crippen LogP contribution is -2.41. The fraction of sp³-hybridized carbons (Fsp3) is 0.478. The van der Waals surface area contributed by atoms with Crippen LogP contribution in [0, 0.1) is 5.82 Å². The molecule has 0 radical (unpaired) electrons. The Bertz CT molecular complexity index is 918. The fourth-order valence-corrected chi connectivity index (χ4v) is 4.87. The summed E-state index contributed by atoms with van der Waals surface area (Å²) in [6.07, 6.45) is 5.82. The third kappa shape index (κ3) is 3.62. The Kier molecular flexibility index (Phi) is 5.29. The van der Waals surface area contributed by atoms with Crippen molar-refractivity contribution in [3.63, 3.8) is 0 Å². The zero-order valence-corrected chi connectivity index (χ0v) is 17.0. The SMILES string of the molecule is O=C1C(N2CCC(Oc3cccnc3N3CCCC3)C2)CCN1c1ccccc1F. The first-order valence-electron chi connectivity index (χ1n) is 10.9. The molecule has 3 aliphatic heterocycles. The summed E-state index contributed by atoms with van der Waals surface area (Å²) in [6, 6.07) is 10.2. The van der Waals surface area contributed by atoms with Crippen LogP contribution in [0.1, 0.15) is 25.7 Å². The molecule has 158 valence electrons. The van der Waals surface area contributed by atoms with Crippen LogP contribution in [0.15, 0.2) is 42.6 Å². The van der Waals surface area contributed by atoms with Gasteiger partial charge in [-0.3, -0.25) is 9.69 Å². The number of carbonyl (C=O) groups excluding carboxylic acids is 1. The molecule has 3 saturated heterocycles. The molecule has 30 heavy (non-hydrogen) atoms. The zero-order valence-electron chi connectivity index (χ0n) is 17.0. The van der Waals surface area contributed by atoms with Gasteiger partial charge in [0, 0.05) is 38.9 Å². The summed E-state index contributed by atoms with van der Waals surface area (Å²) in [7, 11) is 0. The second-order valence-corrected chi connectivity index (χ2v) is 8.29. The molecule has 5 rings (SSSR count). The molecular formula is C23H27FN4O2. The molecule has 2 atom stereocenters. The standard InChI is InChI=1S/C23H27FN4O2/c24-18-6-1-2-7-19(18)28-15-10-20(23(28)29)27-14-9-17(16-27)30-21-8-5-11-25-22(21)26-12-3-4-13-26/h1-2,5-8,11,17,20H,3-4,9-10,12-16H2. The van der Waals surface area contributed by atoms with Gasteiger partial charge in [-0.2, -0.15) is 0 Å². The van der Waals surface area contributed by atoms with E-state index < -0.39 is 0 Å². The Morgan fingerprint density at radius 2 is 1.83 bits per heavy atom. The summed E-state index contributed by atoms with van der Waals surface area (Å²) in [5.41, 5.74) is 0.377. The molecule has 0 bridgehead atoms. The average Bonchev–Trinajstić information content (AvgIpc) is 3.51. The van der Waals surface area contributed by atoms with Crippen molar-refractivity contribution in [2.75, 3.05) is 42.5 Å². The minimum Gasteiger partial charge on any atom is -0.485 e. The van der Waals surface area contributed by atoms with Gasteiger partial charge in [0.2, 0.25) is 5.91 Å². The molecule has 1 aromatic heterocycles. The molecule has 2 aromatic rings. The number of hydrogen-bond acceptors (Lipinski definition) is 5. The lowest BCUT2D eigenvalue weighted by atomic mass is 10.2. The maximum absolute atomic E-state index is 14.2. The summed E-state index contributed by atoms with van der Waals surface area (Å²) in [5, 5.41) is 0. The van der Waals surface area contributed by atoms with Crippen molar-refractivity contribution < 1.29 is 13.9 Å². The largest absolute Gasteiger partial charge is 0.485 e. The van der Waals surface area contributed by atoms with Gasteiger partial charge < -0.3 is 14.5 Å². The highest BCUT2D eigenvalue weighted by molar-refractivity contribution is 5.99. The summed E-state index contributed by atoms with van der Waals surface area (Å²) in [5.74, 6) is 1.40. The second kappa shape index (κ2) is 8.22. The molecule has 1 amide bonds. The third-order valence-corrected chi connectivity index (χ3v) is 6.39. The van der Waals surface area contributed by atoms with E-state index in [1.807, 2.05) is 18.3 Å². The molecule has 1 aromatic carbocycles. The number of rotatable bonds is 5. The Labute approximate surface area is 176 Å². The quantitative estimate of drug-likeness (QED) is 0.758. The van der Waals surface area contributed by atoms with Crippen molar-refractivity contribution in [1.82, 2.24) is 9.88 Å². The highest BCUT2D eigenvalue weighted by Gasteiger charge is 2.40. The van der Waals surface area contributed by atoms with Crippen molar-refractivity contribution >= 4 is 17.4 Å². The minimum atomic E-state index is -0.347. The van der Waals surface area contributed by atoms with Gasteiger partial charge in [-0.25, -0.2) is 9.37 Å². The van der Waals surface area contributed by atoms with Gasteiger partial charge >= 0.3 is 0 Å². The monoisotopic (exact) mass is 410 g/mol. The Morgan fingerprint density at radius 3 is 2.67 bits per heavy atom. The van der Waals surface area contributed by atoms with Crippen LogP contribution in [0.5, 0.6) is 5.75 Å². The lowest BCUT2D eigenvalue weighted by molar-refractivity contribution is -0.121. The molecule has 0 aliphatic carbocycles. The normalized spacial score (nSPS) is 24.8. The number of amides is 1. The molecule has 6 nitrogen and oxygen atoms in total. The van der Waals surface area contributed by atoms with Crippen molar-refractivity contribution in [1.29, 1.82) is 0 Å². The van der Waals surface area contributed by atoms with Gasteiger partial charge in [-0.05, 0) is 49.9 Å². The third-order valence-electron chi connectivity index (χ3n) is 6.39. The van der Waals surface area contributed by atoms with Crippen LogP contribution < -0.4 is 14.5 Å². The Morgan fingerprint density at radius 1 is 1.00 bits per heavy atom. The van der Waals surface area contributed by atoms with Gasteiger partial charge in [-0.1, -0.05) is 12.1 Å². The number of anilines is 2. The number of nitrogens with zero attached hydrogens (tertiary/aromatic N) is 4. The predicted octanol–water partition coefficient (Wildman–Crippen LogP) is 3.08. The molecule has 0 saturated carbocycles. The van der Waals surface area contributed by atoms with E-state index in [2.05, 4.69) is 14.8 Å². The number of likely N-dealkylation sites (tertiary alicyclic amines) is 1. The number of hydrogen-bond donors (Lipinski definition) is 0. The molecule has 3 aliphatic rings. The first-order chi connectivity index (χ1) is 14.7. The summed E-state index contributed by atoms with van der Waals surface area (Å²) < 4.78 is 20.5. The van der Waals surface area contributed by atoms with Crippen LogP contribution in [0.2, 0.25) is 0 Å². The van der Waals surface area contributed by atoms with E-state index in [1.165, 1.54) is 18.9 Å². The highest BCUT2D eigenvalue weighted by atomic mass is 19.1. The van der Waals surface area contributed by atoms with E-state index in [1.54, 1.807) is 23.1 Å². The van der Waals surface area contributed by atoms with Gasteiger partial charge in [0.25, 0.3) is 0 Å². The van der Waals surface area contributed by atoms with Crippen LogP contribution >= 0.6 is 0 Å². The molecule has 2 unspecified atom stereocenters. The maximum atomic E-state index is 14.2. The average molecular weight is 410 g/mol. The Balaban J connectivity index is 1.24. The highest BCUT2D eigenvalue weighted by Crippen LogP contribution is 2.32. The summed E-state index contributed by atoms with van der Waals surface area (Å²) in [6.45, 7) is 4.11. The van der Waals surface area contributed by atoms with Gasteiger partial charge in [0.1, 0.15) is 11.9 Å². The van der Waals surface area contributed by atoms with E-state index in [0.29, 0.717) is 25.2 Å². The second-order valence-electron chi connectivity index (χ2n) is 8.29. The Hall–Kier alpha value is -2.67. The van der Waals surface area contributed by atoms with E-state index in [9.17, 15) is 9.18 Å². The van der Waals surface area contributed by atoms with Crippen LogP contribution in [-0.2, 0) is 4.79 Å². The number of pyridine rings is 1. The van der Waals surface area contributed by atoms with E-state index in [-0.39, 0.29) is 23.9 Å². The molecule has 4 heterocycles. The minimum absolute atomic E-state index is 0.0140. The first-order valence-corrected chi connectivity index (χ1v) is 10.9. The lowest BCUT2D eigenvalue weighted by Gasteiger charge is -2.24. The number of aromatic nitrogens is 1. The van der Waals surface area contributed by atoms with Crippen molar-refractivity contribution in [3.8, 4) is 5.75 Å². The first kappa shape index (κ1) is 19.3. The molecular weight excluding hydrogens is 383 g/mol. The van der Waals surface area contributed by atoms with E-state index >= 15 is 0 Å². The van der Waals surface area contributed by atoms with Crippen molar-refractivity contribution in [2.45, 2.75) is 37.8 Å².